The highest BCUT2D eigenvalue weighted by molar-refractivity contribution is 5.97. The van der Waals surface area contributed by atoms with Crippen LogP contribution in [0.1, 0.15) is 30.0 Å². The number of rotatable bonds is 5. The minimum Gasteiger partial charge on any atom is -0.479 e. The van der Waals surface area contributed by atoms with Gasteiger partial charge in [0.1, 0.15) is 5.75 Å². The van der Waals surface area contributed by atoms with Crippen molar-refractivity contribution in [1.29, 1.82) is 0 Å². The van der Waals surface area contributed by atoms with Crippen LogP contribution < -0.4 is 15.4 Å². The summed E-state index contributed by atoms with van der Waals surface area (Å²) < 4.78 is 5.52. The van der Waals surface area contributed by atoms with Crippen LogP contribution in [-0.2, 0) is 22.6 Å². The molecule has 2 amide bonds. The summed E-state index contributed by atoms with van der Waals surface area (Å²) in [6.07, 6.45) is 0.685. The van der Waals surface area contributed by atoms with Crippen molar-refractivity contribution in [1.82, 2.24) is 5.32 Å². The molecule has 3 rings (SSSR count). The highest BCUT2D eigenvalue weighted by Gasteiger charge is 2.23. The quantitative estimate of drug-likeness (QED) is 0.881. The molecule has 2 aromatic carbocycles. The SMILES string of the molecule is Cc1cccc(CCC(=O)NCc2ccc3c(c2)NC(=O)C(C)O3)c1. The van der Waals surface area contributed by atoms with Gasteiger partial charge in [0, 0.05) is 13.0 Å². The number of hydrogen-bond donors (Lipinski definition) is 2. The number of nitrogens with one attached hydrogen (secondary N) is 2. The summed E-state index contributed by atoms with van der Waals surface area (Å²) in [6, 6.07) is 13.7. The van der Waals surface area contributed by atoms with E-state index in [-0.39, 0.29) is 11.8 Å². The molecule has 0 fully saturated rings. The van der Waals surface area contributed by atoms with Crippen LogP contribution >= 0.6 is 0 Å². The summed E-state index contributed by atoms with van der Waals surface area (Å²) in [7, 11) is 0. The molecule has 1 aliphatic rings. The second-order valence-corrected chi connectivity index (χ2v) is 6.35. The van der Waals surface area contributed by atoms with Crippen molar-refractivity contribution in [2.45, 2.75) is 39.3 Å². The zero-order chi connectivity index (χ0) is 17.8. The Balaban J connectivity index is 1.52. The van der Waals surface area contributed by atoms with Gasteiger partial charge in [-0.1, -0.05) is 35.9 Å². The minimum atomic E-state index is -0.486. The zero-order valence-corrected chi connectivity index (χ0v) is 14.5. The number of carbonyl (C=O) groups is 2. The normalized spacial score (nSPS) is 15.8. The van der Waals surface area contributed by atoms with Gasteiger partial charge in [-0.3, -0.25) is 9.59 Å². The summed E-state index contributed by atoms with van der Waals surface area (Å²) in [5.41, 5.74) is 3.93. The molecule has 5 heteroatoms. The lowest BCUT2D eigenvalue weighted by atomic mass is 10.1. The van der Waals surface area contributed by atoms with Gasteiger partial charge in [-0.15, -0.1) is 0 Å². The van der Waals surface area contributed by atoms with Gasteiger partial charge in [0.15, 0.2) is 6.10 Å². The van der Waals surface area contributed by atoms with Crippen LogP contribution in [0.2, 0.25) is 0 Å². The largest absolute Gasteiger partial charge is 0.479 e. The van der Waals surface area contributed by atoms with Gasteiger partial charge in [-0.2, -0.15) is 0 Å². The summed E-state index contributed by atoms with van der Waals surface area (Å²) in [4.78, 5) is 23.7. The molecule has 130 valence electrons. The lowest BCUT2D eigenvalue weighted by Crippen LogP contribution is -2.34. The first-order valence-electron chi connectivity index (χ1n) is 8.44. The highest BCUT2D eigenvalue weighted by atomic mass is 16.5. The number of fused-ring (bicyclic) bond motifs is 1. The van der Waals surface area contributed by atoms with Crippen molar-refractivity contribution in [2.75, 3.05) is 5.32 Å². The van der Waals surface area contributed by atoms with Gasteiger partial charge in [0.05, 0.1) is 5.69 Å². The second kappa shape index (κ2) is 7.38. The first-order valence-corrected chi connectivity index (χ1v) is 8.44. The van der Waals surface area contributed by atoms with Gasteiger partial charge in [-0.25, -0.2) is 0 Å². The predicted molar refractivity (Wildman–Crippen MR) is 96.5 cm³/mol. The van der Waals surface area contributed by atoms with Crippen molar-refractivity contribution < 1.29 is 14.3 Å². The van der Waals surface area contributed by atoms with E-state index in [0.29, 0.717) is 24.4 Å². The van der Waals surface area contributed by atoms with Crippen molar-refractivity contribution in [3.05, 3.63) is 59.2 Å². The molecule has 1 unspecified atom stereocenters. The Hall–Kier alpha value is -2.82. The monoisotopic (exact) mass is 338 g/mol. The molecule has 0 radical (unpaired) electrons. The van der Waals surface area contributed by atoms with Crippen LogP contribution in [0.3, 0.4) is 0 Å². The molecule has 1 heterocycles. The fourth-order valence-electron chi connectivity index (χ4n) is 2.78. The Labute approximate surface area is 147 Å². The summed E-state index contributed by atoms with van der Waals surface area (Å²) in [5, 5.41) is 5.73. The van der Waals surface area contributed by atoms with Gasteiger partial charge in [-0.05, 0) is 43.5 Å². The van der Waals surface area contributed by atoms with E-state index in [2.05, 4.69) is 16.7 Å². The zero-order valence-electron chi connectivity index (χ0n) is 14.5. The van der Waals surface area contributed by atoms with Crippen LogP contribution in [0.5, 0.6) is 5.75 Å². The van der Waals surface area contributed by atoms with Crippen LogP contribution in [0.25, 0.3) is 0 Å². The van der Waals surface area contributed by atoms with E-state index in [1.54, 1.807) is 6.92 Å². The van der Waals surface area contributed by atoms with Crippen molar-refractivity contribution in [2.24, 2.45) is 0 Å². The predicted octanol–water partition coefficient (Wildman–Crippen LogP) is 2.96. The third-order valence-electron chi connectivity index (χ3n) is 4.19. The Morgan fingerprint density at radius 3 is 2.84 bits per heavy atom. The van der Waals surface area contributed by atoms with E-state index in [4.69, 9.17) is 4.74 Å². The maximum Gasteiger partial charge on any atom is 0.265 e. The number of anilines is 1. The van der Waals surface area contributed by atoms with E-state index in [1.165, 1.54) is 5.56 Å². The molecule has 0 saturated carbocycles. The fourth-order valence-corrected chi connectivity index (χ4v) is 2.78. The van der Waals surface area contributed by atoms with Crippen LogP contribution in [0.15, 0.2) is 42.5 Å². The Morgan fingerprint density at radius 1 is 1.20 bits per heavy atom. The van der Waals surface area contributed by atoms with E-state index in [9.17, 15) is 9.59 Å². The molecule has 0 aromatic heterocycles. The second-order valence-electron chi connectivity index (χ2n) is 6.35. The van der Waals surface area contributed by atoms with E-state index < -0.39 is 6.10 Å². The highest BCUT2D eigenvalue weighted by Crippen LogP contribution is 2.30. The number of aryl methyl sites for hydroxylation is 2. The minimum absolute atomic E-state index is 0.00753. The molecule has 1 aliphatic heterocycles. The van der Waals surface area contributed by atoms with Crippen molar-refractivity contribution in [3.8, 4) is 5.75 Å². The third kappa shape index (κ3) is 4.38. The molecule has 0 saturated heterocycles. The maximum absolute atomic E-state index is 12.1. The number of ether oxygens (including phenoxy) is 1. The third-order valence-corrected chi connectivity index (χ3v) is 4.19. The van der Waals surface area contributed by atoms with Crippen molar-refractivity contribution in [3.63, 3.8) is 0 Å². The molecule has 0 spiro atoms. The Morgan fingerprint density at radius 2 is 2.04 bits per heavy atom. The summed E-state index contributed by atoms with van der Waals surface area (Å²) >= 11 is 0. The topological polar surface area (TPSA) is 67.4 Å². The number of amides is 2. The molecule has 0 bridgehead atoms. The first-order chi connectivity index (χ1) is 12.0. The van der Waals surface area contributed by atoms with Gasteiger partial charge in [0.25, 0.3) is 5.91 Å². The first kappa shape index (κ1) is 17.0. The lowest BCUT2D eigenvalue weighted by molar-refractivity contribution is -0.123. The molecular weight excluding hydrogens is 316 g/mol. The Bertz CT molecular complexity index is 801. The van der Waals surface area contributed by atoms with Crippen LogP contribution in [0.4, 0.5) is 5.69 Å². The molecule has 2 N–H and O–H groups in total. The molecular formula is C20H22N2O3. The molecule has 25 heavy (non-hydrogen) atoms. The fraction of sp³-hybridized carbons (Fsp3) is 0.300. The van der Waals surface area contributed by atoms with E-state index in [1.807, 2.05) is 43.3 Å². The van der Waals surface area contributed by atoms with Gasteiger partial charge in [0.2, 0.25) is 5.91 Å². The standard InChI is InChI=1S/C20H22N2O3/c1-13-4-3-5-15(10-13)7-9-19(23)21-12-16-6-8-18-17(11-16)22-20(24)14(2)25-18/h3-6,8,10-11,14H,7,9,12H2,1-2H3,(H,21,23)(H,22,24). The van der Waals surface area contributed by atoms with E-state index >= 15 is 0 Å². The average molecular weight is 338 g/mol. The lowest BCUT2D eigenvalue weighted by Gasteiger charge is -2.23. The number of carbonyl (C=O) groups excluding carboxylic acids is 2. The van der Waals surface area contributed by atoms with Gasteiger partial charge < -0.3 is 15.4 Å². The van der Waals surface area contributed by atoms with Crippen LogP contribution in [0, 0.1) is 6.92 Å². The van der Waals surface area contributed by atoms with Crippen molar-refractivity contribution >= 4 is 17.5 Å². The maximum atomic E-state index is 12.1. The molecule has 2 aromatic rings. The van der Waals surface area contributed by atoms with Gasteiger partial charge >= 0.3 is 0 Å². The summed E-state index contributed by atoms with van der Waals surface area (Å²) in [6.45, 7) is 4.18. The average Bonchev–Trinajstić information content (AvgIpc) is 2.59. The molecule has 5 nitrogen and oxygen atoms in total. The molecule has 1 atom stereocenters. The van der Waals surface area contributed by atoms with Crippen LogP contribution in [-0.4, -0.2) is 17.9 Å². The molecule has 0 aliphatic carbocycles. The van der Waals surface area contributed by atoms with E-state index in [0.717, 1.165) is 17.5 Å². The number of benzene rings is 2. The summed E-state index contributed by atoms with van der Waals surface area (Å²) in [5.74, 6) is 0.501. The number of hydrogen-bond acceptors (Lipinski definition) is 3. The Kier molecular flexibility index (Phi) is 5.03. The smallest absolute Gasteiger partial charge is 0.265 e.